The molecule has 0 aromatic heterocycles. The second-order valence-electron chi connectivity index (χ2n) is 4.39. The minimum absolute atomic E-state index is 0.559. The maximum Gasteiger partial charge on any atom is 0.328 e. The van der Waals surface area contributed by atoms with Crippen LogP contribution in [0.15, 0.2) is 11.6 Å². The number of carbonyl (C=O) groups is 3. The van der Waals surface area contributed by atoms with Crippen molar-refractivity contribution in [2.45, 2.75) is 40.0 Å². The SMILES string of the molecule is CCCC/C=C(/C)C1(C)C(=O)NC(=O)NC1=O. The summed E-state index contributed by atoms with van der Waals surface area (Å²) in [4.78, 5) is 34.5. The third kappa shape index (κ3) is 2.54. The smallest absolute Gasteiger partial charge is 0.277 e. The molecular weight excluding hydrogens is 220 g/mol. The maximum atomic E-state index is 11.8. The second kappa shape index (κ2) is 5.12. The highest BCUT2D eigenvalue weighted by molar-refractivity contribution is 6.20. The highest BCUT2D eigenvalue weighted by Crippen LogP contribution is 2.29. The predicted molar refractivity (Wildman–Crippen MR) is 63.1 cm³/mol. The molecule has 1 heterocycles. The van der Waals surface area contributed by atoms with Gasteiger partial charge in [-0.05, 0) is 20.3 Å². The molecule has 0 atom stereocenters. The van der Waals surface area contributed by atoms with Crippen LogP contribution in [-0.4, -0.2) is 17.8 Å². The van der Waals surface area contributed by atoms with Gasteiger partial charge in [-0.25, -0.2) is 4.79 Å². The number of rotatable bonds is 4. The van der Waals surface area contributed by atoms with Gasteiger partial charge in [0.1, 0.15) is 5.41 Å². The Labute approximate surface area is 101 Å². The van der Waals surface area contributed by atoms with E-state index in [1.54, 1.807) is 6.92 Å². The van der Waals surface area contributed by atoms with Crippen molar-refractivity contribution < 1.29 is 14.4 Å². The van der Waals surface area contributed by atoms with E-state index < -0.39 is 23.3 Å². The van der Waals surface area contributed by atoms with E-state index in [1.165, 1.54) is 6.92 Å². The zero-order chi connectivity index (χ0) is 13.1. The molecule has 5 heteroatoms. The lowest BCUT2D eigenvalue weighted by molar-refractivity contribution is -0.140. The normalized spacial score (nSPS) is 19.9. The zero-order valence-corrected chi connectivity index (χ0v) is 10.4. The number of amides is 4. The Bertz CT molecular complexity index is 365. The summed E-state index contributed by atoms with van der Waals surface area (Å²) in [5, 5.41) is 4.24. The van der Waals surface area contributed by atoms with Crippen LogP contribution in [-0.2, 0) is 9.59 Å². The fourth-order valence-corrected chi connectivity index (χ4v) is 1.68. The number of barbiturate groups is 1. The van der Waals surface area contributed by atoms with E-state index in [2.05, 4.69) is 17.6 Å². The van der Waals surface area contributed by atoms with Gasteiger partial charge < -0.3 is 0 Å². The topological polar surface area (TPSA) is 75.3 Å². The van der Waals surface area contributed by atoms with Crippen molar-refractivity contribution in [3.8, 4) is 0 Å². The maximum absolute atomic E-state index is 11.8. The molecule has 0 saturated carbocycles. The van der Waals surface area contributed by atoms with E-state index in [0.717, 1.165) is 19.3 Å². The summed E-state index contributed by atoms with van der Waals surface area (Å²) in [6.07, 6.45) is 4.78. The summed E-state index contributed by atoms with van der Waals surface area (Å²) >= 11 is 0. The summed E-state index contributed by atoms with van der Waals surface area (Å²) in [5.41, 5.74) is -0.602. The lowest BCUT2D eigenvalue weighted by atomic mass is 9.79. The van der Waals surface area contributed by atoms with Gasteiger partial charge in [-0.15, -0.1) is 0 Å². The van der Waals surface area contributed by atoms with Crippen LogP contribution in [0.1, 0.15) is 40.0 Å². The molecule has 0 aromatic carbocycles. The van der Waals surface area contributed by atoms with Crippen LogP contribution in [0.4, 0.5) is 4.79 Å². The van der Waals surface area contributed by atoms with Crippen molar-refractivity contribution in [1.82, 2.24) is 10.6 Å². The van der Waals surface area contributed by atoms with Gasteiger partial charge in [0.15, 0.2) is 0 Å². The Balaban J connectivity index is 2.91. The van der Waals surface area contributed by atoms with E-state index in [9.17, 15) is 14.4 Å². The molecule has 1 saturated heterocycles. The van der Waals surface area contributed by atoms with Crippen molar-refractivity contribution in [1.29, 1.82) is 0 Å². The molecular formula is C12H18N2O3. The number of nitrogens with one attached hydrogen (secondary N) is 2. The summed E-state index contributed by atoms with van der Waals surface area (Å²) < 4.78 is 0. The molecule has 1 aliphatic heterocycles. The highest BCUT2D eigenvalue weighted by atomic mass is 16.2. The van der Waals surface area contributed by atoms with E-state index in [4.69, 9.17) is 0 Å². The van der Waals surface area contributed by atoms with Crippen LogP contribution in [0.25, 0.3) is 0 Å². The first-order valence-corrected chi connectivity index (χ1v) is 5.77. The van der Waals surface area contributed by atoms with Gasteiger partial charge in [0.05, 0.1) is 0 Å². The number of allylic oxidation sites excluding steroid dienone is 1. The van der Waals surface area contributed by atoms with Crippen molar-refractivity contribution in [2.24, 2.45) is 5.41 Å². The molecule has 17 heavy (non-hydrogen) atoms. The minimum Gasteiger partial charge on any atom is -0.277 e. The molecule has 0 spiro atoms. The lowest BCUT2D eigenvalue weighted by Crippen LogP contribution is -2.61. The third-order valence-corrected chi connectivity index (χ3v) is 3.16. The fourth-order valence-electron chi connectivity index (χ4n) is 1.68. The number of unbranched alkanes of at least 4 members (excludes halogenated alkanes) is 2. The summed E-state index contributed by atoms with van der Waals surface area (Å²) in [7, 11) is 0. The van der Waals surface area contributed by atoms with Crippen LogP contribution in [0.2, 0.25) is 0 Å². The van der Waals surface area contributed by atoms with E-state index in [0.29, 0.717) is 5.57 Å². The van der Waals surface area contributed by atoms with Gasteiger partial charge >= 0.3 is 6.03 Å². The molecule has 0 radical (unpaired) electrons. The average Bonchev–Trinajstić information content (AvgIpc) is 2.25. The van der Waals surface area contributed by atoms with E-state index in [1.807, 2.05) is 6.08 Å². The van der Waals surface area contributed by atoms with Crippen LogP contribution in [0, 0.1) is 5.41 Å². The Morgan fingerprint density at radius 1 is 1.24 bits per heavy atom. The molecule has 0 aromatic rings. The lowest BCUT2D eigenvalue weighted by Gasteiger charge is -2.31. The van der Waals surface area contributed by atoms with Gasteiger partial charge in [-0.2, -0.15) is 0 Å². The van der Waals surface area contributed by atoms with Crippen molar-refractivity contribution in [3.63, 3.8) is 0 Å². The molecule has 2 N–H and O–H groups in total. The number of carbonyl (C=O) groups excluding carboxylic acids is 3. The molecule has 0 bridgehead atoms. The Morgan fingerprint density at radius 2 is 1.76 bits per heavy atom. The quantitative estimate of drug-likeness (QED) is 0.442. The van der Waals surface area contributed by atoms with Gasteiger partial charge in [0.25, 0.3) is 0 Å². The molecule has 1 fully saturated rings. The van der Waals surface area contributed by atoms with Crippen LogP contribution in [0.3, 0.4) is 0 Å². The second-order valence-corrected chi connectivity index (χ2v) is 4.39. The Hall–Kier alpha value is -1.65. The first-order chi connectivity index (χ1) is 7.92. The molecule has 4 amide bonds. The molecule has 0 unspecified atom stereocenters. The van der Waals surface area contributed by atoms with Gasteiger partial charge in [-0.3, -0.25) is 20.2 Å². The highest BCUT2D eigenvalue weighted by Gasteiger charge is 2.47. The third-order valence-electron chi connectivity index (χ3n) is 3.16. The summed E-state index contributed by atoms with van der Waals surface area (Å²) in [6.45, 7) is 5.34. The van der Waals surface area contributed by atoms with Crippen molar-refractivity contribution >= 4 is 17.8 Å². The molecule has 0 aliphatic carbocycles. The fraction of sp³-hybridized carbons (Fsp3) is 0.583. The number of hydrogen-bond donors (Lipinski definition) is 2. The van der Waals surface area contributed by atoms with Gasteiger partial charge in [0.2, 0.25) is 11.8 Å². The predicted octanol–water partition coefficient (Wildman–Crippen LogP) is 1.50. The van der Waals surface area contributed by atoms with Crippen molar-refractivity contribution in [3.05, 3.63) is 11.6 Å². The van der Waals surface area contributed by atoms with Gasteiger partial charge in [0, 0.05) is 0 Å². The molecule has 1 rings (SSSR count). The standard InChI is InChI=1S/C12H18N2O3/c1-4-5-6-7-8(2)12(3)9(15)13-11(17)14-10(12)16/h7H,4-6H2,1-3H3,(H2,13,14,15,16,17)/b8-7-. The number of urea groups is 1. The first kappa shape index (κ1) is 13.4. The Kier molecular flexibility index (Phi) is 4.04. The van der Waals surface area contributed by atoms with E-state index >= 15 is 0 Å². The van der Waals surface area contributed by atoms with Crippen molar-refractivity contribution in [2.75, 3.05) is 0 Å². The number of imide groups is 2. The number of hydrogen-bond acceptors (Lipinski definition) is 3. The Morgan fingerprint density at radius 3 is 2.24 bits per heavy atom. The van der Waals surface area contributed by atoms with E-state index in [-0.39, 0.29) is 0 Å². The van der Waals surface area contributed by atoms with Gasteiger partial charge in [-0.1, -0.05) is 31.4 Å². The first-order valence-electron chi connectivity index (χ1n) is 5.77. The summed E-state index contributed by atoms with van der Waals surface area (Å²) in [5.74, 6) is -1.12. The zero-order valence-electron chi connectivity index (χ0n) is 10.4. The molecule has 5 nitrogen and oxygen atoms in total. The molecule has 1 aliphatic rings. The minimum atomic E-state index is -1.28. The summed E-state index contributed by atoms with van der Waals surface area (Å²) in [6, 6.07) is -0.751. The van der Waals surface area contributed by atoms with Crippen LogP contribution in [0.5, 0.6) is 0 Å². The van der Waals surface area contributed by atoms with Crippen LogP contribution < -0.4 is 10.6 Å². The molecule has 94 valence electrons. The average molecular weight is 238 g/mol. The largest absolute Gasteiger partial charge is 0.328 e. The monoisotopic (exact) mass is 238 g/mol. The van der Waals surface area contributed by atoms with Crippen LogP contribution >= 0.6 is 0 Å².